The van der Waals surface area contributed by atoms with E-state index in [0.717, 1.165) is 30.8 Å². The van der Waals surface area contributed by atoms with Crippen molar-refractivity contribution in [1.29, 1.82) is 0 Å². The van der Waals surface area contributed by atoms with Crippen LogP contribution in [-0.4, -0.2) is 42.8 Å². The summed E-state index contributed by atoms with van der Waals surface area (Å²) >= 11 is 0. The smallest absolute Gasteiger partial charge is 0.328 e. The molecule has 0 aliphatic rings. The first-order chi connectivity index (χ1) is 10.0. The fourth-order valence-electron chi connectivity index (χ4n) is 2.21. The van der Waals surface area contributed by atoms with Crippen molar-refractivity contribution >= 4 is 12.0 Å². The van der Waals surface area contributed by atoms with E-state index in [1.807, 2.05) is 24.3 Å². The quantitative estimate of drug-likeness (QED) is 0.711. The van der Waals surface area contributed by atoms with Crippen molar-refractivity contribution in [3.63, 3.8) is 0 Å². The molecule has 1 aromatic carbocycles. The van der Waals surface area contributed by atoms with Crippen molar-refractivity contribution in [2.75, 3.05) is 26.8 Å². The average Bonchev–Trinajstić information content (AvgIpc) is 2.43. The van der Waals surface area contributed by atoms with Crippen LogP contribution in [0, 0.1) is 5.92 Å². The lowest BCUT2D eigenvalue weighted by atomic mass is 10.1. The summed E-state index contributed by atoms with van der Waals surface area (Å²) in [4.78, 5) is 13.0. The molecular weight excluding hydrogens is 266 g/mol. The van der Waals surface area contributed by atoms with Gasteiger partial charge in [0.2, 0.25) is 0 Å². The van der Waals surface area contributed by atoms with Gasteiger partial charge in [0.05, 0.1) is 6.61 Å². The summed E-state index contributed by atoms with van der Waals surface area (Å²) in [6.45, 7) is 7.72. The number of carboxylic acid groups (broad SMARTS) is 1. The van der Waals surface area contributed by atoms with E-state index in [1.54, 1.807) is 13.2 Å². The topological polar surface area (TPSA) is 49.8 Å². The fourth-order valence-corrected chi connectivity index (χ4v) is 2.21. The van der Waals surface area contributed by atoms with Gasteiger partial charge < -0.3 is 9.84 Å². The zero-order chi connectivity index (χ0) is 15.7. The lowest BCUT2D eigenvalue weighted by molar-refractivity contribution is -0.131. The summed E-state index contributed by atoms with van der Waals surface area (Å²) in [5.41, 5.74) is 2.08. The van der Waals surface area contributed by atoms with E-state index in [2.05, 4.69) is 18.7 Å². The molecule has 1 N–H and O–H groups in total. The Morgan fingerprint density at radius 3 is 2.71 bits per heavy atom. The summed E-state index contributed by atoms with van der Waals surface area (Å²) in [6, 6.07) is 7.89. The lowest BCUT2D eigenvalue weighted by Crippen LogP contribution is -2.30. The van der Waals surface area contributed by atoms with Gasteiger partial charge in [-0.2, -0.15) is 0 Å². The highest BCUT2D eigenvalue weighted by atomic mass is 16.5. The van der Waals surface area contributed by atoms with Crippen LogP contribution in [0.4, 0.5) is 0 Å². The summed E-state index contributed by atoms with van der Waals surface area (Å²) in [5, 5.41) is 8.77. The van der Waals surface area contributed by atoms with Crippen LogP contribution >= 0.6 is 0 Å². The van der Waals surface area contributed by atoms with Gasteiger partial charge in [-0.15, -0.1) is 0 Å². The van der Waals surface area contributed by atoms with Gasteiger partial charge in [0.1, 0.15) is 0 Å². The van der Waals surface area contributed by atoms with Crippen LogP contribution in [0.2, 0.25) is 0 Å². The predicted octanol–water partition coefficient (Wildman–Crippen LogP) is 2.89. The molecule has 0 aliphatic carbocycles. The first-order valence-corrected chi connectivity index (χ1v) is 7.23. The van der Waals surface area contributed by atoms with E-state index in [4.69, 9.17) is 9.84 Å². The second-order valence-corrected chi connectivity index (χ2v) is 5.49. The number of hydrogen-bond donors (Lipinski definition) is 1. The number of methoxy groups -OCH3 is 1. The van der Waals surface area contributed by atoms with E-state index in [1.165, 1.54) is 6.08 Å². The van der Waals surface area contributed by atoms with Crippen molar-refractivity contribution in [3.8, 4) is 0 Å². The minimum absolute atomic E-state index is 0.573. The molecule has 0 saturated heterocycles. The predicted molar refractivity (Wildman–Crippen MR) is 85.1 cm³/mol. The molecule has 0 aromatic heterocycles. The molecule has 116 valence electrons. The highest BCUT2D eigenvalue weighted by Crippen LogP contribution is 2.14. The number of carbonyl (C=O) groups is 1. The van der Waals surface area contributed by atoms with Crippen molar-refractivity contribution in [1.82, 2.24) is 4.90 Å². The molecule has 1 rings (SSSR count). The lowest BCUT2D eigenvalue weighted by Gasteiger charge is -2.24. The highest BCUT2D eigenvalue weighted by molar-refractivity contribution is 5.85. The first-order valence-electron chi connectivity index (χ1n) is 7.23. The van der Waals surface area contributed by atoms with E-state index in [0.29, 0.717) is 12.5 Å². The van der Waals surface area contributed by atoms with Crippen molar-refractivity contribution in [2.45, 2.75) is 20.4 Å². The monoisotopic (exact) mass is 291 g/mol. The van der Waals surface area contributed by atoms with Crippen molar-refractivity contribution in [3.05, 3.63) is 41.5 Å². The largest absolute Gasteiger partial charge is 0.478 e. The van der Waals surface area contributed by atoms with Gasteiger partial charge in [0.25, 0.3) is 0 Å². The third kappa shape index (κ3) is 7.06. The Morgan fingerprint density at radius 1 is 1.38 bits per heavy atom. The minimum atomic E-state index is -0.928. The summed E-state index contributed by atoms with van der Waals surface area (Å²) in [7, 11) is 1.71. The number of ether oxygens (including phenoxy) is 1. The minimum Gasteiger partial charge on any atom is -0.478 e. The molecular formula is C17H25NO3. The van der Waals surface area contributed by atoms with E-state index in [9.17, 15) is 4.79 Å². The molecule has 0 aliphatic heterocycles. The Morgan fingerprint density at radius 2 is 2.10 bits per heavy atom. The second-order valence-electron chi connectivity index (χ2n) is 5.49. The Kier molecular flexibility index (Phi) is 7.72. The van der Waals surface area contributed by atoms with Crippen LogP contribution in [0.1, 0.15) is 25.0 Å². The molecule has 0 unspecified atom stereocenters. The molecule has 21 heavy (non-hydrogen) atoms. The third-order valence-corrected chi connectivity index (χ3v) is 3.09. The molecule has 4 nitrogen and oxygen atoms in total. The van der Waals surface area contributed by atoms with Crippen molar-refractivity contribution in [2.24, 2.45) is 5.92 Å². The van der Waals surface area contributed by atoms with E-state index >= 15 is 0 Å². The summed E-state index contributed by atoms with van der Waals surface area (Å²) in [5.74, 6) is -0.355. The van der Waals surface area contributed by atoms with Crippen LogP contribution in [0.25, 0.3) is 6.08 Å². The van der Waals surface area contributed by atoms with Crippen LogP contribution in [0.3, 0.4) is 0 Å². The molecule has 0 fully saturated rings. The Labute approximate surface area is 127 Å². The Bertz CT molecular complexity index is 469. The number of aliphatic carboxylic acids is 1. The average molecular weight is 291 g/mol. The van der Waals surface area contributed by atoms with E-state index in [-0.39, 0.29) is 0 Å². The van der Waals surface area contributed by atoms with Crippen LogP contribution in [-0.2, 0) is 16.1 Å². The van der Waals surface area contributed by atoms with Gasteiger partial charge in [0.15, 0.2) is 0 Å². The molecule has 0 heterocycles. The number of carboxylic acids is 1. The molecule has 0 atom stereocenters. The number of benzene rings is 1. The van der Waals surface area contributed by atoms with Gasteiger partial charge in [-0.05, 0) is 23.1 Å². The van der Waals surface area contributed by atoms with Gasteiger partial charge in [-0.1, -0.05) is 38.1 Å². The summed E-state index contributed by atoms with van der Waals surface area (Å²) < 4.78 is 5.17. The van der Waals surface area contributed by atoms with Crippen LogP contribution in [0.15, 0.2) is 30.3 Å². The zero-order valence-electron chi connectivity index (χ0n) is 13.1. The fraction of sp³-hybridized carbons (Fsp3) is 0.471. The van der Waals surface area contributed by atoms with Gasteiger partial charge in [0, 0.05) is 32.8 Å². The van der Waals surface area contributed by atoms with Gasteiger partial charge >= 0.3 is 5.97 Å². The maximum Gasteiger partial charge on any atom is 0.328 e. The standard InChI is InChI=1S/C17H25NO3/c1-14(2)12-18(10-11-21-3)13-16-7-5-4-6-15(16)8-9-17(19)20/h4-9,14H,10-13H2,1-3H3,(H,19,20). The highest BCUT2D eigenvalue weighted by Gasteiger charge is 2.10. The maximum atomic E-state index is 10.7. The third-order valence-electron chi connectivity index (χ3n) is 3.09. The molecule has 0 saturated carbocycles. The number of hydrogen-bond acceptors (Lipinski definition) is 3. The van der Waals surface area contributed by atoms with E-state index < -0.39 is 5.97 Å². The molecule has 4 heteroatoms. The van der Waals surface area contributed by atoms with Gasteiger partial charge in [-0.25, -0.2) is 4.79 Å². The summed E-state index contributed by atoms with van der Waals surface area (Å²) in [6.07, 6.45) is 2.84. The SMILES string of the molecule is COCCN(Cc1ccccc1C=CC(=O)O)CC(C)C. The Balaban J connectivity index is 2.84. The molecule has 0 amide bonds. The Hall–Kier alpha value is -1.65. The molecule has 1 aromatic rings. The zero-order valence-corrected chi connectivity index (χ0v) is 13.1. The van der Waals surface area contributed by atoms with Crippen LogP contribution in [0.5, 0.6) is 0 Å². The normalized spacial score (nSPS) is 11.7. The molecule has 0 spiro atoms. The number of rotatable bonds is 9. The number of nitrogens with zero attached hydrogens (tertiary/aromatic N) is 1. The van der Waals surface area contributed by atoms with Crippen LogP contribution < -0.4 is 0 Å². The second kappa shape index (κ2) is 9.32. The molecule has 0 bridgehead atoms. The molecule has 0 radical (unpaired) electrons. The first kappa shape index (κ1) is 17.4. The van der Waals surface area contributed by atoms with Gasteiger partial charge in [-0.3, -0.25) is 4.90 Å². The maximum absolute atomic E-state index is 10.7. The van der Waals surface area contributed by atoms with Crippen molar-refractivity contribution < 1.29 is 14.6 Å².